The second-order valence-corrected chi connectivity index (χ2v) is 13.5. The van der Waals surface area contributed by atoms with E-state index in [1.165, 1.54) is 62.0 Å². The van der Waals surface area contributed by atoms with Crippen molar-refractivity contribution >= 4 is 23.1 Å². The predicted octanol–water partition coefficient (Wildman–Crippen LogP) is 8.80. The average Bonchev–Trinajstić information content (AvgIpc) is 3.41. The molecule has 0 saturated carbocycles. The second-order valence-electron chi connectivity index (χ2n) is 13.5. The number of fused-ring (bicyclic) bond motifs is 7. The van der Waals surface area contributed by atoms with Gasteiger partial charge >= 0.3 is 0 Å². The first-order chi connectivity index (χ1) is 20.3. The highest BCUT2D eigenvalue weighted by Gasteiger charge is 2.47. The number of hydrogen-bond donors (Lipinski definition) is 0. The van der Waals surface area contributed by atoms with E-state index in [0.29, 0.717) is 29.6 Å². The van der Waals surface area contributed by atoms with Crippen LogP contribution in [0.3, 0.4) is 0 Å². The fourth-order valence-electron chi connectivity index (χ4n) is 9.85. The van der Waals surface area contributed by atoms with Crippen LogP contribution in [0.1, 0.15) is 64.2 Å². The quantitative estimate of drug-likeness (QED) is 0.350. The average molecular weight is 537 g/mol. The molecule has 0 bridgehead atoms. The number of hydrogen-bond acceptors (Lipinski definition) is 1. The first-order valence-corrected chi connectivity index (χ1v) is 16.4. The Morgan fingerprint density at radius 1 is 0.854 bits per heavy atom. The van der Waals surface area contributed by atoms with Crippen molar-refractivity contribution in [3.8, 4) is 0 Å². The molecule has 6 unspecified atom stereocenters. The molecule has 1 heteroatoms. The van der Waals surface area contributed by atoms with E-state index in [4.69, 9.17) is 4.42 Å². The van der Waals surface area contributed by atoms with Gasteiger partial charge < -0.3 is 4.42 Å². The third-order valence-corrected chi connectivity index (χ3v) is 11.5. The Labute approximate surface area is 243 Å². The third-order valence-electron chi connectivity index (χ3n) is 11.5. The van der Waals surface area contributed by atoms with Crippen molar-refractivity contribution in [1.29, 1.82) is 0 Å². The highest BCUT2D eigenvalue weighted by atomic mass is 16.3. The lowest BCUT2D eigenvalue weighted by Gasteiger charge is -2.49. The molecule has 0 fully saturated rings. The maximum atomic E-state index is 6.27. The van der Waals surface area contributed by atoms with E-state index in [-0.39, 0.29) is 0 Å². The van der Waals surface area contributed by atoms with Crippen molar-refractivity contribution in [1.82, 2.24) is 0 Å². The van der Waals surface area contributed by atoms with Gasteiger partial charge in [-0.3, -0.25) is 0 Å². The summed E-state index contributed by atoms with van der Waals surface area (Å²) < 4.78 is 6.27. The van der Waals surface area contributed by atoms with Gasteiger partial charge in [-0.1, -0.05) is 95.2 Å². The van der Waals surface area contributed by atoms with E-state index in [9.17, 15) is 0 Å². The SMILES string of the molecule is C1=CCC2C(=C1)C(C1=CC3=C(CCCC3)C3CCC=CC13)C1CCC=CC1=C2C1C=c2c(oc3ccccc23)=CC1. The zero-order valence-corrected chi connectivity index (χ0v) is 24.0. The van der Waals surface area contributed by atoms with Crippen LogP contribution in [0.15, 0.2) is 111 Å². The summed E-state index contributed by atoms with van der Waals surface area (Å²) >= 11 is 0. The normalized spacial score (nSPS) is 33.6. The molecule has 2 aromatic rings. The fraction of sp³-hybridized carbons (Fsp3) is 0.400. The Hall–Kier alpha value is -3.32. The second kappa shape index (κ2) is 9.62. The zero-order valence-electron chi connectivity index (χ0n) is 24.0. The van der Waals surface area contributed by atoms with E-state index in [1.54, 1.807) is 27.9 Å². The lowest BCUT2D eigenvalue weighted by molar-refractivity contribution is 0.327. The number of para-hydroxylation sites is 1. The monoisotopic (exact) mass is 536 g/mol. The summed E-state index contributed by atoms with van der Waals surface area (Å²) in [6.45, 7) is 0. The van der Waals surface area contributed by atoms with Gasteiger partial charge in [-0.05, 0) is 99.3 Å². The molecule has 7 aliphatic carbocycles. The smallest absolute Gasteiger partial charge is 0.135 e. The lowest BCUT2D eigenvalue weighted by Crippen LogP contribution is -2.39. The molecular formula is C40H40O. The van der Waals surface area contributed by atoms with Gasteiger partial charge in [-0.15, -0.1) is 0 Å². The molecule has 1 heterocycles. The van der Waals surface area contributed by atoms with Crippen LogP contribution in [0.4, 0.5) is 0 Å². The number of rotatable bonds is 2. The summed E-state index contributed by atoms with van der Waals surface area (Å²) in [5.41, 5.74) is 12.5. The summed E-state index contributed by atoms with van der Waals surface area (Å²) in [7, 11) is 0. The molecule has 1 aromatic heterocycles. The first kappa shape index (κ1) is 24.3. The zero-order chi connectivity index (χ0) is 26.9. The Balaban J connectivity index is 1.22. The Morgan fingerprint density at radius 3 is 2.76 bits per heavy atom. The van der Waals surface area contributed by atoms with Crippen LogP contribution in [-0.4, -0.2) is 0 Å². The van der Waals surface area contributed by atoms with Crippen molar-refractivity contribution in [3.63, 3.8) is 0 Å². The van der Waals surface area contributed by atoms with Crippen LogP contribution in [0, 0.1) is 35.5 Å². The molecule has 1 aromatic carbocycles. The van der Waals surface area contributed by atoms with Crippen LogP contribution in [0.25, 0.3) is 23.1 Å². The molecule has 0 spiro atoms. The number of benzene rings is 1. The molecule has 0 saturated heterocycles. The minimum Gasteiger partial charge on any atom is -0.456 e. The Bertz CT molecular complexity index is 1770. The Morgan fingerprint density at radius 2 is 1.76 bits per heavy atom. The minimum atomic E-state index is 0.430. The van der Waals surface area contributed by atoms with Crippen molar-refractivity contribution in [2.24, 2.45) is 35.5 Å². The summed E-state index contributed by atoms with van der Waals surface area (Å²) in [6.07, 6.45) is 37.9. The Kier molecular flexibility index (Phi) is 5.70. The van der Waals surface area contributed by atoms with E-state index in [2.05, 4.69) is 85.0 Å². The van der Waals surface area contributed by atoms with Gasteiger partial charge in [0, 0.05) is 34.3 Å². The largest absolute Gasteiger partial charge is 0.456 e. The van der Waals surface area contributed by atoms with Gasteiger partial charge in [0.15, 0.2) is 0 Å². The molecule has 6 atom stereocenters. The molecule has 1 nitrogen and oxygen atoms in total. The fourth-order valence-corrected chi connectivity index (χ4v) is 9.85. The van der Waals surface area contributed by atoms with Crippen molar-refractivity contribution in [2.45, 2.75) is 64.2 Å². The van der Waals surface area contributed by atoms with E-state index < -0.39 is 0 Å². The molecule has 9 rings (SSSR count). The molecular weight excluding hydrogens is 496 g/mol. The van der Waals surface area contributed by atoms with Crippen molar-refractivity contribution < 1.29 is 4.42 Å². The highest BCUT2D eigenvalue weighted by Crippen LogP contribution is 2.58. The molecule has 0 N–H and O–H groups in total. The van der Waals surface area contributed by atoms with Crippen LogP contribution in [-0.2, 0) is 0 Å². The van der Waals surface area contributed by atoms with E-state index in [0.717, 1.165) is 29.8 Å². The van der Waals surface area contributed by atoms with Crippen molar-refractivity contribution in [2.75, 3.05) is 0 Å². The van der Waals surface area contributed by atoms with Crippen molar-refractivity contribution in [3.05, 3.63) is 117 Å². The van der Waals surface area contributed by atoms with E-state index >= 15 is 0 Å². The van der Waals surface area contributed by atoms with Gasteiger partial charge in [0.05, 0.1) is 0 Å². The summed E-state index contributed by atoms with van der Waals surface area (Å²) in [6, 6.07) is 8.58. The third kappa shape index (κ3) is 3.73. The number of allylic oxidation sites excluding steroid dienone is 14. The summed E-state index contributed by atoms with van der Waals surface area (Å²) in [5.74, 6) is 3.41. The number of furan rings is 1. The maximum Gasteiger partial charge on any atom is 0.135 e. The summed E-state index contributed by atoms with van der Waals surface area (Å²) in [5, 5.41) is 2.57. The topological polar surface area (TPSA) is 13.1 Å². The lowest BCUT2D eigenvalue weighted by atomic mass is 9.54. The van der Waals surface area contributed by atoms with Gasteiger partial charge in [-0.2, -0.15) is 0 Å². The van der Waals surface area contributed by atoms with Crippen LogP contribution in [0.5, 0.6) is 0 Å². The van der Waals surface area contributed by atoms with Gasteiger partial charge in [-0.25, -0.2) is 0 Å². The summed E-state index contributed by atoms with van der Waals surface area (Å²) in [4.78, 5) is 0. The van der Waals surface area contributed by atoms with Gasteiger partial charge in [0.2, 0.25) is 0 Å². The van der Waals surface area contributed by atoms with Crippen LogP contribution in [0.2, 0.25) is 0 Å². The molecule has 41 heavy (non-hydrogen) atoms. The predicted molar refractivity (Wildman–Crippen MR) is 169 cm³/mol. The first-order valence-electron chi connectivity index (χ1n) is 16.4. The van der Waals surface area contributed by atoms with Gasteiger partial charge in [0.1, 0.15) is 11.0 Å². The molecule has 0 radical (unpaired) electrons. The van der Waals surface area contributed by atoms with Gasteiger partial charge in [0.25, 0.3) is 0 Å². The van der Waals surface area contributed by atoms with Crippen LogP contribution >= 0.6 is 0 Å². The minimum absolute atomic E-state index is 0.430. The molecule has 206 valence electrons. The molecule has 7 aliphatic rings. The van der Waals surface area contributed by atoms with Crippen LogP contribution < -0.4 is 10.6 Å². The highest BCUT2D eigenvalue weighted by molar-refractivity contribution is 5.80. The molecule has 0 amide bonds. The molecule has 0 aliphatic heterocycles. The maximum absolute atomic E-state index is 6.27. The van der Waals surface area contributed by atoms with E-state index in [1.807, 2.05) is 5.57 Å². The standard InChI is InChI=1S/C40H40O/c1-2-12-27-25(11-1)23-36(29-14-4-3-13-28(27)29)40-33-18-7-5-16-31(33)39(32-17-6-8-19-34(32)40)26-21-22-38-35(24-26)30-15-9-10-20-37(30)41-38/h4-7,9-10,14-15,17-18,20,22-24,26,28-29,31,34,40H,1-3,8,11-13,16,19,21H2.